The molecule has 4 heterocycles. The van der Waals surface area contributed by atoms with Crippen LogP contribution in [0.15, 0.2) is 43.0 Å². The molecule has 0 aliphatic carbocycles. The summed E-state index contributed by atoms with van der Waals surface area (Å²) in [7, 11) is 0. The van der Waals surface area contributed by atoms with E-state index in [4.69, 9.17) is 23.2 Å². The average molecular weight is 518 g/mol. The molecule has 1 amide bonds. The number of likely N-dealkylation sites (tertiary alicyclic amines) is 1. The number of benzene rings is 1. The van der Waals surface area contributed by atoms with Crippen LogP contribution in [0.3, 0.4) is 0 Å². The quantitative estimate of drug-likeness (QED) is 0.322. The fourth-order valence-corrected chi connectivity index (χ4v) is 5.41. The normalized spacial score (nSPS) is 15.6. The lowest BCUT2D eigenvalue weighted by Crippen LogP contribution is -2.37. The van der Waals surface area contributed by atoms with Crippen molar-refractivity contribution in [1.82, 2.24) is 24.6 Å². The molecule has 1 N–H and O–H groups in total. The van der Waals surface area contributed by atoms with Crippen LogP contribution in [0.2, 0.25) is 10.0 Å². The van der Waals surface area contributed by atoms with E-state index < -0.39 is 18.4 Å². The van der Waals surface area contributed by atoms with Gasteiger partial charge in [0, 0.05) is 71.6 Å². The van der Waals surface area contributed by atoms with Crippen molar-refractivity contribution in [3.63, 3.8) is 0 Å². The monoisotopic (exact) mass is 517 g/mol. The van der Waals surface area contributed by atoms with E-state index in [1.54, 1.807) is 25.5 Å². The van der Waals surface area contributed by atoms with Crippen molar-refractivity contribution >= 4 is 40.1 Å². The summed E-state index contributed by atoms with van der Waals surface area (Å²) in [6.45, 7) is 2.21. The highest BCUT2D eigenvalue weighted by atomic mass is 35.5. The fraction of sp³-hybridized carbons (Fsp3) is 0.320. The zero-order chi connectivity index (χ0) is 24.7. The van der Waals surface area contributed by atoms with Crippen LogP contribution in [0.1, 0.15) is 42.9 Å². The van der Waals surface area contributed by atoms with Crippen LogP contribution in [0, 0.1) is 5.82 Å². The summed E-state index contributed by atoms with van der Waals surface area (Å²) in [5.41, 5.74) is 3.08. The summed E-state index contributed by atoms with van der Waals surface area (Å²) in [5, 5.41) is 5.27. The summed E-state index contributed by atoms with van der Waals surface area (Å²) >= 11 is 12.5. The second-order valence-electron chi connectivity index (χ2n) is 8.77. The van der Waals surface area contributed by atoms with Gasteiger partial charge in [-0.05, 0) is 36.6 Å². The van der Waals surface area contributed by atoms with Crippen LogP contribution in [0.4, 0.5) is 8.78 Å². The molecule has 182 valence electrons. The molecular weight excluding hydrogens is 495 g/mol. The minimum atomic E-state index is -0.856. The Morgan fingerprint density at radius 1 is 1.23 bits per heavy atom. The molecule has 1 saturated heterocycles. The van der Waals surface area contributed by atoms with Crippen molar-refractivity contribution in [2.75, 3.05) is 19.8 Å². The van der Waals surface area contributed by atoms with E-state index in [-0.39, 0.29) is 27.6 Å². The number of halogens is 4. The van der Waals surface area contributed by atoms with Crippen molar-refractivity contribution in [1.29, 1.82) is 0 Å². The molecule has 5 rings (SSSR count). The van der Waals surface area contributed by atoms with Gasteiger partial charge >= 0.3 is 0 Å². The molecule has 0 unspecified atom stereocenters. The van der Waals surface area contributed by atoms with Gasteiger partial charge in [-0.1, -0.05) is 23.2 Å². The first-order chi connectivity index (χ1) is 16.9. The summed E-state index contributed by atoms with van der Waals surface area (Å²) in [6.07, 6.45) is 8.82. The SMILES string of the molecule is CC(=O)N1CCC(n2cc(-c3cnc4[nH]cc([C@@H](CF)c5c(Cl)ccc(F)c5Cl)c4c3)cn2)CC1. The second-order valence-corrected chi connectivity index (χ2v) is 9.56. The number of amides is 1. The number of H-pyrrole nitrogens is 1. The van der Waals surface area contributed by atoms with Crippen LogP contribution in [0.25, 0.3) is 22.2 Å². The maximum atomic E-state index is 14.3. The number of aromatic amines is 1. The highest BCUT2D eigenvalue weighted by molar-refractivity contribution is 6.36. The molecule has 0 radical (unpaired) electrons. The molecule has 3 aromatic heterocycles. The number of hydrogen-bond acceptors (Lipinski definition) is 3. The molecule has 4 aromatic rings. The summed E-state index contributed by atoms with van der Waals surface area (Å²) in [6, 6.07) is 4.68. The minimum Gasteiger partial charge on any atom is -0.346 e. The van der Waals surface area contributed by atoms with E-state index in [9.17, 15) is 13.6 Å². The number of carbonyl (C=O) groups excluding carboxylic acids is 1. The van der Waals surface area contributed by atoms with Gasteiger partial charge in [0.15, 0.2) is 0 Å². The molecule has 1 atom stereocenters. The van der Waals surface area contributed by atoms with E-state index in [0.717, 1.165) is 24.0 Å². The van der Waals surface area contributed by atoms with Crippen LogP contribution in [-0.2, 0) is 4.79 Å². The predicted octanol–water partition coefficient (Wildman–Crippen LogP) is 6.16. The molecule has 0 saturated carbocycles. The van der Waals surface area contributed by atoms with E-state index in [2.05, 4.69) is 15.1 Å². The zero-order valence-electron chi connectivity index (χ0n) is 18.9. The van der Waals surface area contributed by atoms with Gasteiger partial charge in [-0.15, -0.1) is 0 Å². The average Bonchev–Trinajstić information content (AvgIpc) is 3.52. The summed E-state index contributed by atoms with van der Waals surface area (Å²) in [4.78, 5) is 21.0. The molecule has 1 aliphatic rings. The van der Waals surface area contributed by atoms with Crippen molar-refractivity contribution < 1.29 is 13.6 Å². The van der Waals surface area contributed by atoms with Crippen molar-refractivity contribution in [3.8, 4) is 11.1 Å². The molecule has 35 heavy (non-hydrogen) atoms. The number of hydrogen-bond donors (Lipinski definition) is 1. The van der Waals surface area contributed by atoms with Crippen LogP contribution >= 0.6 is 23.2 Å². The number of pyridine rings is 1. The first-order valence-corrected chi connectivity index (χ1v) is 12.1. The largest absolute Gasteiger partial charge is 0.346 e. The van der Waals surface area contributed by atoms with E-state index in [1.165, 1.54) is 12.1 Å². The Bertz CT molecular complexity index is 1390. The molecule has 1 fully saturated rings. The van der Waals surface area contributed by atoms with Crippen molar-refractivity contribution in [3.05, 3.63) is 70.0 Å². The Kier molecular flexibility index (Phi) is 6.51. The molecule has 1 aromatic carbocycles. The Balaban J connectivity index is 1.47. The lowest BCUT2D eigenvalue weighted by Gasteiger charge is -2.31. The van der Waals surface area contributed by atoms with Gasteiger partial charge in [0.2, 0.25) is 5.91 Å². The smallest absolute Gasteiger partial charge is 0.219 e. The molecular formula is C25H23Cl2F2N5O. The lowest BCUT2D eigenvalue weighted by atomic mass is 9.91. The van der Waals surface area contributed by atoms with E-state index >= 15 is 0 Å². The summed E-state index contributed by atoms with van der Waals surface area (Å²) < 4.78 is 30.4. The third kappa shape index (κ3) is 4.41. The fourth-order valence-electron chi connectivity index (χ4n) is 4.78. The van der Waals surface area contributed by atoms with E-state index in [0.29, 0.717) is 29.7 Å². The Labute approximate surface area is 210 Å². The van der Waals surface area contributed by atoms with Crippen LogP contribution < -0.4 is 0 Å². The first kappa shape index (κ1) is 23.8. The van der Waals surface area contributed by atoms with Gasteiger partial charge in [-0.2, -0.15) is 5.10 Å². The van der Waals surface area contributed by atoms with Gasteiger partial charge in [-0.25, -0.2) is 9.37 Å². The highest BCUT2D eigenvalue weighted by Gasteiger charge is 2.26. The van der Waals surface area contributed by atoms with Crippen molar-refractivity contribution in [2.45, 2.75) is 31.7 Å². The third-order valence-electron chi connectivity index (χ3n) is 6.74. The molecule has 6 nitrogen and oxygen atoms in total. The number of rotatable bonds is 5. The van der Waals surface area contributed by atoms with Gasteiger partial charge in [0.05, 0.1) is 17.3 Å². The standard InChI is InChI=1S/C25H23Cl2F2N5O/c1-14(35)33-6-4-17(5-7-33)34-13-16(11-32-34)15-8-18-20(12-31-25(18)30-10-15)19(9-28)23-21(26)2-3-22(29)24(23)27/h2-3,8,10-13,17,19H,4-7,9H2,1H3,(H,30,31)/t19-/m1/s1. The number of aromatic nitrogens is 4. The zero-order valence-corrected chi connectivity index (χ0v) is 20.5. The topological polar surface area (TPSA) is 66.8 Å². The number of carbonyl (C=O) groups is 1. The first-order valence-electron chi connectivity index (χ1n) is 11.3. The predicted molar refractivity (Wildman–Crippen MR) is 132 cm³/mol. The molecule has 0 spiro atoms. The lowest BCUT2D eigenvalue weighted by molar-refractivity contribution is -0.130. The molecule has 0 bridgehead atoms. The third-order valence-corrected chi connectivity index (χ3v) is 7.45. The minimum absolute atomic E-state index is 0.0960. The van der Waals surface area contributed by atoms with Gasteiger partial charge < -0.3 is 9.88 Å². The number of piperidine rings is 1. The maximum absolute atomic E-state index is 14.3. The second kappa shape index (κ2) is 9.59. The Morgan fingerprint density at radius 2 is 2.00 bits per heavy atom. The van der Waals surface area contributed by atoms with Gasteiger partial charge in [0.1, 0.15) is 18.1 Å². The van der Waals surface area contributed by atoms with Gasteiger partial charge in [-0.3, -0.25) is 13.9 Å². The van der Waals surface area contributed by atoms with Crippen LogP contribution in [-0.4, -0.2) is 50.3 Å². The maximum Gasteiger partial charge on any atom is 0.219 e. The molecule has 1 aliphatic heterocycles. The highest BCUT2D eigenvalue weighted by Crippen LogP contribution is 2.40. The number of fused-ring (bicyclic) bond motifs is 1. The molecule has 10 heteroatoms. The number of alkyl halides is 1. The van der Waals surface area contributed by atoms with Crippen molar-refractivity contribution in [2.24, 2.45) is 0 Å². The van der Waals surface area contributed by atoms with Gasteiger partial charge in [0.25, 0.3) is 0 Å². The van der Waals surface area contributed by atoms with E-state index in [1.807, 2.05) is 21.8 Å². The number of nitrogens with zero attached hydrogens (tertiary/aromatic N) is 4. The van der Waals surface area contributed by atoms with Crippen LogP contribution in [0.5, 0.6) is 0 Å². The Hall–Kier alpha value is -2.97. The Morgan fingerprint density at radius 3 is 2.71 bits per heavy atom. The number of nitrogens with one attached hydrogen (secondary N) is 1. The summed E-state index contributed by atoms with van der Waals surface area (Å²) in [5.74, 6) is -1.41.